The molecule has 1 aliphatic rings. The highest BCUT2D eigenvalue weighted by Gasteiger charge is 2.19. The second kappa shape index (κ2) is 5.58. The third-order valence-corrected chi connectivity index (χ3v) is 3.76. The molecular formula is C16H13ClN2O2. The van der Waals surface area contributed by atoms with Crippen molar-refractivity contribution in [2.24, 2.45) is 0 Å². The van der Waals surface area contributed by atoms with Crippen LogP contribution in [-0.2, 0) is 17.8 Å². The van der Waals surface area contributed by atoms with Crippen molar-refractivity contribution in [1.82, 2.24) is 5.32 Å². The van der Waals surface area contributed by atoms with Gasteiger partial charge in [0.25, 0.3) is 5.91 Å². The topological polar surface area (TPSA) is 58.2 Å². The van der Waals surface area contributed by atoms with Crippen LogP contribution >= 0.6 is 11.6 Å². The van der Waals surface area contributed by atoms with E-state index in [9.17, 15) is 9.59 Å². The van der Waals surface area contributed by atoms with Crippen molar-refractivity contribution >= 4 is 29.1 Å². The van der Waals surface area contributed by atoms with E-state index in [1.165, 1.54) is 0 Å². The van der Waals surface area contributed by atoms with Crippen molar-refractivity contribution in [1.29, 1.82) is 0 Å². The Morgan fingerprint density at radius 3 is 2.86 bits per heavy atom. The number of carbonyl (C=O) groups excluding carboxylic acids is 2. The fourth-order valence-electron chi connectivity index (χ4n) is 2.27. The first-order chi connectivity index (χ1) is 10.1. The Labute approximate surface area is 127 Å². The highest BCUT2D eigenvalue weighted by Crippen LogP contribution is 2.24. The van der Waals surface area contributed by atoms with Crippen LogP contribution < -0.4 is 10.6 Å². The Hall–Kier alpha value is -2.33. The first kappa shape index (κ1) is 13.6. The SMILES string of the molecule is O=C1Cc2ccc(C(=O)NCc3ccccc3Cl)cc2N1. The summed E-state index contributed by atoms with van der Waals surface area (Å²) in [6.45, 7) is 0.363. The maximum absolute atomic E-state index is 12.1. The predicted molar refractivity (Wildman–Crippen MR) is 81.4 cm³/mol. The van der Waals surface area contributed by atoms with Gasteiger partial charge in [0.1, 0.15) is 0 Å². The monoisotopic (exact) mass is 300 g/mol. The highest BCUT2D eigenvalue weighted by molar-refractivity contribution is 6.31. The Morgan fingerprint density at radius 1 is 1.24 bits per heavy atom. The molecule has 106 valence electrons. The van der Waals surface area contributed by atoms with Gasteiger partial charge >= 0.3 is 0 Å². The molecule has 0 saturated heterocycles. The van der Waals surface area contributed by atoms with Crippen LogP contribution in [0.3, 0.4) is 0 Å². The Bertz CT molecular complexity index is 728. The van der Waals surface area contributed by atoms with E-state index in [-0.39, 0.29) is 11.8 Å². The minimum atomic E-state index is -0.195. The molecule has 0 fully saturated rings. The number of hydrogen-bond acceptors (Lipinski definition) is 2. The summed E-state index contributed by atoms with van der Waals surface area (Å²) in [4.78, 5) is 23.4. The van der Waals surface area contributed by atoms with Crippen LogP contribution in [0.1, 0.15) is 21.5 Å². The van der Waals surface area contributed by atoms with E-state index in [1.807, 2.05) is 18.2 Å². The number of benzene rings is 2. The van der Waals surface area contributed by atoms with E-state index in [4.69, 9.17) is 11.6 Å². The first-order valence-electron chi connectivity index (χ1n) is 6.58. The van der Waals surface area contributed by atoms with E-state index in [0.717, 1.165) is 11.1 Å². The third-order valence-electron chi connectivity index (χ3n) is 3.39. The lowest BCUT2D eigenvalue weighted by Crippen LogP contribution is -2.23. The zero-order valence-electron chi connectivity index (χ0n) is 11.2. The maximum atomic E-state index is 12.1. The second-order valence-corrected chi connectivity index (χ2v) is 5.28. The fraction of sp³-hybridized carbons (Fsp3) is 0.125. The number of carbonyl (C=O) groups is 2. The lowest BCUT2D eigenvalue weighted by atomic mass is 10.1. The molecule has 2 amide bonds. The number of rotatable bonds is 3. The van der Waals surface area contributed by atoms with Crippen molar-refractivity contribution in [2.75, 3.05) is 5.32 Å². The number of amides is 2. The maximum Gasteiger partial charge on any atom is 0.251 e. The molecule has 3 rings (SSSR count). The molecule has 0 spiro atoms. The molecule has 5 heteroatoms. The van der Waals surface area contributed by atoms with Crippen molar-refractivity contribution in [3.8, 4) is 0 Å². The van der Waals surface area contributed by atoms with Crippen LogP contribution in [0.15, 0.2) is 42.5 Å². The van der Waals surface area contributed by atoms with Crippen molar-refractivity contribution in [2.45, 2.75) is 13.0 Å². The minimum absolute atomic E-state index is 0.0429. The summed E-state index contributed by atoms with van der Waals surface area (Å²) in [6, 6.07) is 12.6. The number of hydrogen-bond donors (Lipinski definition) is 2. The van der Waals surface area contributed by atoms with Gasteiger partial charge in [-0.15, -0.1) is 0 Å². The van der Waals surface area contributed by atoms with Gasteiger partial charge in [-0.1, -0.05) is 35.9 Å². The molecule has 1 aliphatic heterocycles. The largest absolute Gasteiger partial charge is 0.348 e. The van der Waals surface area contributed by atoms with Crippen LogP contribution in [-0.4, -0.2) is 11.8 Å². The number of fused-ring (bicyclic) bond motifs is 1. The van der Waals surface area contributed by atoms with Crippen molar-refractivity contribution in [3.05, 3.63) is 64.2 Å². The number of halogens is 1. The quantitative estimate of drug-likeness (QED) is 0.916. The molecule has 0 atom stereocenters. The third kappa shape index (κ3) is 2.90. The summed E-state index contributed by atoms with van der Waals surface area (Å²) < 4.78 is 0. The normalized spacial score (nSPS) is 12.7. The van der Waals surface area contributed by atoms with Gasteiger partial charge in [-0.2, -0.15) is 0 Å². The van der Waals surface area contributed by atoms with Gasteiger partial charge in [-0.3, -0.25) is 9.59 Å². The molecule has 0 saturated carbocycles. The molecule has 2 N–H and O–H groups in total. The zero-order valence-corrected chi connectivity index (χ0v) is 11.9. The highest BCUT2D eigenvalue weighted by atomic mass is 35.5. The molecule has 2 aromatic carbocycles. The summed E-state index contributed by atoms with van der Waals surface area (Å²) >= 11 is 6.05. The fourth-order valence-corrected chi connectivity index (χ4v) is 2.48. The zero-order chi connectivity index (χ0) is 14.8. The summed E-state index contributed by atoms with van der Waals surface area (Å²) in [5.74, 6) is -0.238. The lowest BCUT2D eigenvalue weighted by molar-refractivity contribution is -0.115. The van der Waals surface area contributed by atoms with E-state index in [2.05, 4.69) is 10.6 Å². The number of nitrogens with one attached hydrogen (secondary N) is 2. The standard InChI is InChI=1S/C16H13ClN2O2/c17-13-4-2-1-3-12(13)9-18-16(21)11-6-5-10-8-15(20)19-14(10)7-11/h1-7H,8-9H2,(H,18,21)(H,19,20). The van der Waals surface area contributed by atoms with Crippen molar-refractivity contribution in [3.63, 3.8) is 0 Å². The molecule has 0 unspecified atom stereocenters. The molecule has 0 bridgehead atoms. The van der Waals surface area contributed by atoms with E-state index >= 15 is 0 Å². The van der Waals surface area contributed by atoms with E-state index < -0.39 is 0 Å². The summed E-state index contributed by atoms with van der Waals surface area (Å²) in [7, 11) is 0. The van der Waals surface area contributed by atoms with E-state index in [1.54, 1.807) is 24.3 Å². The summed E-state index contributed by atoms with van der Waals surface area (Å²) in [5, 5.41) is 6.18. The predicted octanol–water partition coefficient (Wildman–Crippen LogP) is 2.76. The smallest absolute Gasteiger partial charge is 0.251 e. The van der Waals surface area contributed by atoms with Gasteiger partial charge in [0.05, 0.1) is 6.42 Å². The molecule has 1 heterocycles. The minimum Gasteiger partial charge on any atom is -0.348 e. The van der Waals surface area contributed by atoms with Crippen LogP contribution in [0.2, 0.25) is 5.02 Å². The molecular weight excluding hydrogens is 288 g/mol. The molecule has 0 aromatic heterocycles. The number of anilines is 1. The molecule has 0 radical (unpaired) electrons. The molecule has 4 nitrogen and oxygen atoms in total. The van der Waals surface area contributed by atoms with Crippen LogP contribution in [0.4, 0.5) is 5.69 Å². The van der Waals surface area contributed by atoms with E-state index in [0.29, 0.717) is 29.2 Å². The summed E-state index contributed by atoms with van der Waals surface area (Å²) in [6.07, 6.45) is 0.372. The van der Waals surface area contributed by atoms with Gasteiger partial charge in [0.2, 0.25) is 5.91 Å². The average Bonchev–Trinajstić information content (AvgIpc) is 2.85. The Morgan fingerprint density at radius 2 is 2.05 bits per heavy atom. The second-order valence-electron chi connectivity index (χ2n) is 4.87. The lowest BCUT2D eigenvalue weighted by Gasteiger charge is -2.08. The van der Waals surface area contributed by atoms with Gasteiger partial charge < -0.3 is 10.6 Å². The van der Waals surface area contributed by atoms with Crippen molar-refractivity contribution < 1.29 is 9.59 Å². The summed E-state index contributed by atoms with van der Waals surface area (Å²) in [5.41, 5.74) is 3.01. The Balaban J connectivity index is 1.71. The van der Waals surface area contributed by atoms with Gasteiger partial charge in [0, 0.05) is 22.8 Å². The van der Waals surface area contributed by atoms with Crippen LogP contribution in [0.5, 0.6) is 0 Å². The first-order valence-corrected chi connectivity index (χ1v) is 6.95. The van der Waals surface area contributed by atoms with Gasteiger partial charge in [0.15, 0.2) is 0 Å². The molecule has 21 heavy (non-hydrogen) atoms. The van der Waals surface area contributed by atoms with Crippen LogP contribution in [0, 0.1) is 0 Å². The van der Waals surface area contributed by atoms with Crippen LogP contribution in [0.25, 0.3) is 0 Å². The molecule has 0 aliphatic carbocycles. The Kier molecular flexibility index (Phi) is 3.62. The van der Waals surface area contributed by atoms with Gasteiger partial charge in [-0.05, 0) is 29.3 Å². The molecule has 2 aromatic rings. The average molecular weight is 301 g/mol. The van der Waals surface area contributed by atoms with Gasteiger partial charge in [-0.25, -0.2) is 0 Å².